The van der Waals surface area contributed by atoms with E-state index in [4.69, 9.17) is 0 Å². The predicted molar refractivity (Wildman–Crippen MR) is 90.9 cm³/mol. The Morgan fingerprint density at radius 3 is 2.00 bits per heavy atom. The average molecular weight is 283 g/mol. The lowest BCUT2D eigenvalue weighted by Crippen LogP contribution is -2.49. The van der Waals surface area contributed by atoms with Crippen LogP contribution in [0.15, 0.2) is 52.2 Å². The van der Waals surface area contributed by atoms with Gasteiger partial charge in [-0.3, -0.25) is 0 Å². The molecule has 0 bridgehead atoms. The van der Waals surface area contributed by atoms with Gasteiger partial charge in [-0.15, -0.1) is 0 Å². The van der Waals surface area contributed by atoms with Crippen LogP contribution in [0.5, 0.6) is 0 Å². The van der Waals surface area contributed by atoms with Gasteiger partial charge in [0.1, 0.15) is 8.07 Å². The van der Waals surface area contributed by atoms with Crippen LogP contribution in [0.4, 0.5) is 0 Å². The summed E-state index contributed by atoms with van der Waals surface area (Å²) in [7, 11) is -1.45. The molecule has 20 heavy (non-hydrogen) atoms. The Morgan fingerprint density at radius 2 is 1.50 bits per heavy atom. The van der Waals surface area contributed by atoms with Gasteiger partial charge in [-0.1, -0.05) is 71.6 Å². The van der Waals surface area contributed by atoms with Gasteiger partial charge in [0.05, 0.1) is 0 Å². The molecule has 0 N–H and O–H groups in total. The summed E-state index contributed by atoms with van der Waals surface area (Å²) in [5.41, 5.74) is 4.82. The van der Waals surface area contributed by atoms with Crippen molar-refractivity contribution in [2.24, 2.45) is 5.92 Å². The molecule has 1 heterocycles. The van der Waals surface area contributed by atoms with Gasteiger partial charge in [0, 0.05) is 0 Å². The van der Waals surface area contributed by atoms with Crippen LogP contribution in [0, 0.1) is 5.92 Å². The SMILES string of the molecule is CC1=C(C)C(C)C([Si]2(c3ccccc3)CCCC2)=C1C. The maximum absolute atomic E-state index is 2.45. The predicted octanol–water partition coefficient (Wildman–Crippen LogP) is 4.98. The van der Waals surface area contributed by atoms with E-state index in [1.807, 2.05) is 5.20 Å². The maximum Gasteiger partial charge on any atom is 0.114 e. The summed E-state index contributed by atoms with van der Waals surface area (Å²) in [6, 6.07) is 14.4. The molecule has 3 rings (SSSR count). The third-order valence-corrected chi connectivity index (χ3v) is 11.6. The van der Waals surface area contributed by atoms with Gasteiger partial charge < -0.3 is 0 Å². The first-order valence-corrected chi connectivity index (χ1v) is 10.4. The van der Waals surface area contributed by atoms with Gasteiger partial charge in [-0.2, -0.15) is 0 Å². The lowest BCUT2D eigenvalue weighted by molar-refractivity contribution is 0.847. The quantitative estimate of drug-likeness (QED) is 0.671. The van der Waals surface area contributed by atoms with E-state index in [1.54, 1.807) is 21.9 Å². The van der Waals surface area contributed by atoms with E-state index in [-0.39, 0.29) is 0 Å². The van der Waals surface area contributed by atoms with Crippen LogP contribution >= 0.6 is 0 Å². The zero-order chi connectivity index (χ0) is 14.3. The molecule has 1 atom stereocenters. The highest BCUT2D eigenvalue weighted by atomic mass is 28.3. The highest BCUT2D eigenvalue weighted by Crippen LogP contribution is 2.47. The fraction of sp³-hybridized carbons (Fsp3) is 0.474. The van der Waals surface area contributed by atoms with Gasteiger partial charge >= 0.3 is 0 Å². The number of allylic oxidation sites excluding steroid dienone is 4. The summed E-state index contributed by atoms with van der Waals surface area (Å²) in [6.07, 6.45) is 2.87. The van der Waals surface area contributed by atoms with Crippen molar-refractivity contribution in [2.45, 2.75) is 52.6 Å². The molecule has 1 aliphatic carbocycles. The van der Waals surface area contributed by atoms with Crippen molar-refractivity contribution >= 4 is 13.3 Å². The molecular formula is C19H26Si. The molecular weight excluding hydrogens is 256 g/mol. The lowest BCUT2D eigenvalue weighted by Gasteiger charge is -2.33. The second kappa shape index (κ2) is 5.03. The average Bonchev–Trinajstić information content (AvgIpc) is 3.03. The van der Waals surface area contributed by atoms with Crippen molar-refractivity contribution in [2.75, 3.05) is 0 Å². The summed E-state index contributed by atoms with van der Waals surface area (Å²) in [5.74, 6) is 0.681. The molecule has 106 valence electrons. The van der Waals surface area contributed by atoms with Gasteiger partial charge in [0.15, 0.2) is 0 Å². The molecule has 0 aromatic heterocycles. The molecule has 1 aromatic rings. The Hall–Kier alpha value is -1.08. The highest BCUT2D eigenvalue weighted by molar-refractivity contribution is 6.98. The van der Waals surface area contributed by atoms with Crippen LogP contribution in [0.25, 0.3) is 0 Å². The van der Waals surface area contributed by atoms with Crippen molar-refractivity contribution in [1.82, 2.24) is 0 Å². The summed E-state index contributed by atoms with van der Waals surface area (Å²) < 4.78 is 0. The molecule has 1 fully saturated rings. The number of hydrogen-bond acceptors (Lipinski definition) is 0. The fourth-order valence-electron chi connectivity index (χ4n) is 4.59. The molecule has 1 heteroatoms. The van der Waals surface area contributed by atoms with Crippen molar-refractivity contribution < 1.29 is 0 Å². The van der Waals surface area contributed by atoms with E-state index >= 15 is 0 Å². The topological polar surface area (TPSA) is 0 Å². The standard InChI is InChI=1S/C19H26Si/c1-14-15(2)17(4)19(16(14)3)20(12-8-9-13-20)18-10-6-5-7-11-18/h5-7,10-11,16H,8-9,12-13H2,1-4H3. The first-order valence-electron chi connectivity index (χ1n) is 8.02. The Bertz CT molecular complexity index is 571. The van der Waals surface area contributed by atoms with Crippen molar-refractivity contribution in [1.29, 1.82) is 0 Å². The smallest absolute Gasteiger partial charge is 0.0657 e. The Morgan fingerprint density at radius 1 is 0.900 bits per heavy atom. The normalized spacial score (nSPS) is 25.7. The van der Waals surface area contributed by atoms with E-state index in [9.17, 15) is 0 Å². The molecule has 1 aliphatic heterocycles. The summed E-state index contributed by atoms with van der Waals surface area (Å²) >= 11 is 0. The largest absolute Gasteiger partial charge is 0.114 e. The minimum atomic E-state index is -1.45. The van der Waals surface area contributed by atoms with Crippen molar-refractivity contribution in [3.05, 3.63) is 52.2 Å². The maximum atomic E-state index is 2.45. The van der Waals surface area contributed by atoms with Crippen LogP contribution in [0.3, 0.4) is 0 Å². The molecule has 2 aliphatic rings. The first-order chi connectivity index (χ1) is 9.58. The summed E-state index contributed by atoms with van der Waals surface area (Å²) in [5, 5.41) is 3.54. The first kappa shape index (κ1) is 13.9. The van der Waals surface area contributed by atoms with Crippen molar-refractivity contribution in [3.8, 4) is 0 Å². The number of rotatable bonds is 2. The molecule has 0 amide bonds. The van der Waals surface area contributed by atoms with E-state index in [0.717, 1.165) is 0 Å². The minimum absolute atomic E-state index is 0.681. The van der Waals surface area contributed by atoms with E-state index in [1.165, 1.54) is 24.9 Å². The molecule has 1 saturated heterocycles. The third kappa shape index (κ3) is 1.87. The molecule has 0 spiro atoms. The fourth-order valence-corrected chi connectivity index (χ4v) is 10.8. The summed E-state index contributed by atoms with van der Waals surface area (Å²) in [4.78, 5) is 0. The highest BCUT2D eigenvalue weighted by Gasteiger charge is 2.46. The van der Waals surface area contributed by atoms with Gasteiger partial charge in [0.25, 0.3) is 0 Å². The molecule has 0 nitrogen and oxygen atoms in total. The Labute approximate surface area is 124 Å². The third-order valence-electron chi connectivity index (χ3n) is 5.94. The van der Waals surface area contributed by atoms with E-state index < -0.39 is 8.07 Å². The van der Waals surface area contributed by atoms with Crippen molar-refractivity contribution in [3.63, 3.8) is 0 Å². The number of benzene rings is 1. The van der Waals surface area contributed by atoms with Gasteiger partial charge in [-0.25, -0.2) is 0 Å². The minimum Gasteiger partial charge on any atom is -0.0657 e. The zero-order valence-electron chi connectivity index (χ0n) is 13.3. The second-order valence-corrected chi connectivity index (χ2v) is 11.0. The van der Waals surface area contributed by atoms with E-state index in [2.05, 4.69) is 58.0 Å². The van der Waals surface area contributed by atoms with Crippen LogP contribution in [0.2, 0.25) is 12.1 Å². The molecule has 1 unspecified atom stereocenters. The van der Waals surface area contributed by atoms with Crippen LogP contribution in [-0.2, 0) is 0 Å². The Balaban J connectivity index is 2.15. The molecule has 1 aromatic carbocycles. The lowest BCUT2D eigenvalue weighted by atomic mass is 10.1. The Kier molecular flexibility index (Phi) is 3.49. The molecule has 0 saturated carbocycles. The van der Waals surface area contributed by atoms with Crippen LogP contribution < -0.4 is 5.19 Å². The van der Waals surface area contributed by atoms with Gasteiger partial charge in [0.2, 0.25) is 0 Å². The van der Waals surface area contributed by atoms with Crippen LogP contribution in [0.1, 0.15) is 40.5 Å². The monoisotopic (exact) mass is 282 g/mol. The zero-order valence-corrected chi connectivity index (χ0v) is 14.3. The van der Waals surface area contributed by atoms with Gasteiger partial charge in [-0.05, 0) is 44.4 Å². The van der Waals surface area contributed by atoms with E-state index in [0.29, 0.717) is 5.92 Å². The van der Waals surface area contributed by atoms with Crippen LogP contribution in [-0.4, -0.2) is 8.07 Å². The molecule has 0 radical (unpaired) electrons. The number of hydrogen-bond donors (Lipinski definition) is 0. The second-order valence-electron chi connectivity index (χ2n) is 6.72. The summed E-state index contributed by atoms with van der Waals surface area (Å²) in [6.45, 7) is 9.50.